The van der Waals surface area contributed by atoms with Gasteiger partial charge in [-0.25, -0.2) is 8.42 Å². The summed E-state index contributed by atoms with van der Waals surface area (Å²) < 4.78 is 34.8. The highest BCUT2D eigenvalue weighted by molar-refractivity contribution is 7.89. The lowest BCUT2D eigenvalue weighted by molar-refractivity contribution is 0.399. The molecule has 0 amide bonds. The molecule has 0 bridgehead atoms. The largest absolute Gasteiger partial charge is 0.497 e. The Balaban J connectivity index is 1.69. The van der Waals surface area contributed by atoms with Gasteiger partial charge < -0.3 is 4.74 Å². The van der Waals surface area contributed by atoms with E-state index in [4.69, 9.17) is 4.74 Å². The average molecular weight is 398 g/mol. The molecule has 146 valence electrons. The Bertz CT molecular complexity index is 1080. The molecule has 0 atom stereocenters. The van der Waals surface area contributed by atoms with Gasteiger partial charge in [0.15, 0.2) is 0 Å². The lowest BCUT2D eigenvalue weighted by Gasteiger charge is -2.20. The predicted molar refractivity (Wildman–Crippen MR) is 105 cm³/mol. The average Bonchev–Trinajstić information content (AvgIpc) is 2.89. The zero-order valence-electron chi connectivity index (χ0n) is 15.9. The summed E-state index contributed by atoms with van der Waals surface area (Å²) >= 11 is 0. The van der Waals surface area contributed by atoms with Crippen LogP contribution in [0.4, 0.5) is 0 Å². The van der Waals surface area contributed by atoms with Gasteiger partial charge in [0.1, 0.15) is 5.75 Å². The van der Waals surface area contributed by atoms with E-state index in [0.29, 0.717) is 18.8 Å². The highest BCUT2D eigenvalue weighted by Gasteiger charge is 2.30. The summed E-state index contributed by atoms with van der Waals surface area (Å²) in [5.41, 5.74) is 3.86. The highest BCUT2D eigenvalue weighted by Crippen LogP contribution is 2.31. The van der Waals surface area contributed by atoms with Crippen molar-refractivity contribution in [2.75, 3.05) is 13.7 Å². The monoisotopic (exact) mass is 398 g/mol. The minimum Gasteiger partial charge on any atom is -0.497 e. The predicted octanol–water partition coefficient (Wildman–Crippen LogP) is 2.63. The second kappa shape index (κ2) is 7.37. The first kappa shape index (κ1) is 18.6. The van der Waals surface area contributed by atoms with Crippen molar-refractivity contribution in [2.24, 2.45) is 7.05 Å². The highest BCUT2D eigenvalue weighted by atomic mass is 32.2. The fourth-order valence-electron chi connectivity index (χ4n) is 3.58. The third-order valence-electron chi connectivity index (χ3n) is 5.07. The van der Waals surface area contributed by atoms with E-state index in [-0.39, 0.29) is 4.90 Å². The maximum atomic E-state index is 13.2. The van der Waals surface area contributed by atoms with Gasteiger partial charge in [-0.15, -0.1) is 0 Å². The number of nitrogens with zero attached hydrogens (tertiary/aromatic N) is 4. The third-order valence-corrected chi connectivity index (χ3v) is 6.93. The summed E-state index contributed by atoms with van der Waals surface area (Å²) in [7, 11) is -0.180. The van der Waals surface area contributed by atoms with Crippen molar-refractivity contribution >= 4 is 10.0 Å². The van der Waals surface area contributed by atoms with Crippen LogP contribution in [0.3, 0.4) is 0 Å². The van der Waals surface area contributed by atoms with E-state index >= 15 is 0 Å². The number of methoxy groups -OCH3 is 1. The molecule has 0 unspecified atom stereocenters. The van der Waals surface area contributed by atoms with Crippen molar-refractivity contribution in [1.82, 2.24) is 19.1 Å². The zero-order valence-corrected chi connectivity index (χ0v) is 16.7. The minimum absolute atomic E-state index is 0.270. The zero-order chi connectivity index (χ0) is 19.7. The summed E-state index contributed by atoms with van der Waals surface area (Å²) in [4.78, 5) is 4.45. The van der Waals surface area contributed by atoms with Crippen molar-refractivity contribution in [3.63, 3.8) is 0 Å². The summed E-state index contributed by atoms with van der Waals surface area (Å²) in [6.45, 7) is 0.767. The molecule has 0 spiro atoms. The first-order valence-corrected chi connectivity index (χ1v) is 10.5. The molecule has 7 nitrogen and oxygen atoms in total. The molecule has 1 aliphatic rings. The Kier molecular flexibility index (Phi) is 4.91. The number of fused-ring (bicyclic) bond motifs is 1. The number of aryl methyl sites for hydroxylation is 1. The molecule has 0 radical (unpaired) electrons. The van der Waals surface area contributed by atoms with E-state index in [1.54, 1.807) is 48.5 Å². The number of pyridine rings is 1. The molecule has 0 saturated heterocycles. The van der Waals surface area contributed by atoms with Gasteiger partial charge in [0, 0.05) is 37.1 Å². The van der Waals surface area contributed by atoms with Gasteiger partial charge in [0.05, 0.1) is 29.9 Å². The number of aromatic nitrogens is 3. The molecule has 8 heteroatoms. The number of benzene rings is 1. The fraction of sp³-hybridized carbons (Fsp3) is 0.300. The lowest BCUT2D eigenvalue weighted by Crippen LogP contribution is -2.31. The summed E-state index contributed by atoms with van der Waals surface area (Å²) in [5, 5.41) is 4.65. The van der Waals surface area contributed by atoms with Gasteiger partial charge in [-0.05, 0) is 49.2 Å². The summed E-state index contributed by atoms with van der Waals surface area (Å²) in [6, 6.07) is 10.4. The van der Waals surface area contributed by atoms with E-state index in [1.165, 1.54) is 4.31 Å². The van der Waals surface area contributed by atoms with E-state index in [2.05, 4.69) is 10.1 Å². The van der Waals surface area contributed by atoms with Crippen molar-refractivity contribution in [1.29, 1.82) is 0 Å². The molecule has 0 saturated carbocycles. The van der Waals surface area contributed by atoms with Gasteiger partial charge in [-0.2, -0.15) is 9.40 Å². The van der Waals surface area contributed by atoms with Crippen LogP contribution in [0.5, 0.6) is 5.75 Å². The van der Waals surface area contributed by atoms with Gasteiger partial charge in [-0.1, -0.05) is 0 Å². The lowest BCUT2D eigenvalue weighted by atomic mass is 10.0. The smallest absolute Gasteiger partial charge is 0.243 e. The van der Waals surface area contributed by atoms with Crippen LogP contribution in [0.1, 0.15) is 17.7 Å². The molecule has 4 rings (SSSR count). The maximum Gasteiger partial charge on any atom is 0.243 e. The molecule has 1 aromatic carbocycles. The van der Waals surface area contributed by atoms with Crippen LogP contribution in [0, 0.1) is 0 Å². The normalized spacial score (nSPS) is 15.1. The van der Waals surface area contributed by atoms with Crippen LogP contribution >= 0.6 is 0 Å². The van der Waals surface area contributed by atoms with Gasteiger partial charge >= 0.3 is 0 Å². The minimum atomic E-state index is -3.60. The van der Waals surface area contributed by atoms with Crippen LogP contribution < -0.4 is 4.74 Å². The maximum absolute atomic E-state index is 13.2. The van der Waals surface area contributed by atoms with E-state index < -0.39 is 10.0 Å². The van der Waals surface area contributed by atoms with E-state index in [1.807, 2.05) is 19.2 Å². The number of sulfonamides is 1. The van der Waals surface area contributed by atoms with Crippen LogP contribution in [0.2, 0.25) is 0 Å². The van der Waals surface area contributed by atoms with Crippen LogP contribution in [0.25, 0.3) is 11.3 Å². The van der Waals surface area contributed by atoms with Gasteiger partial charge in [0.2, 0.25) is 10.0 Å². The number of hydrogen-bond donors (Lipinski definition) is 0. The van der Waals surface area contributed by atoms with Crippen molar-refractivity contribution < 1.29 is 13.2 Å². The SMILES string of the molecule is COc1ccc(S(=O)(=O)N2CCCc3c(-c4cccnc4)nn(C)c3C2)cc1. The Morgan fingerprint density at radius 1 is 1.14 bits per heavy atom. The first-order valence-electron chi connectivity index (χ1n) is 9.10. The van der Waals surface area contributed by atoms with Crippen molar-refractivity contribution in [3.8, 4) is 17.0 Å². The van der Waals surface area contributed by atoms with Crippen molar-refractivity contribution in [3.05, 3.63) is 60.0 Å². The molecule has 0 fully saturated rings. The first-order chi connectivity index (χ1) is 13.5. The number of ether oxygens (including phenoxy) is 1. The van der Waals surface area contributed by atoms with Gasteiger partial charge in [0.25, 0.3) is 0 Å². The Morgan fingerprint density at radius 2 is 1.93 bits per heavy atom. The molecule has 0 N–H and O–H groups in total. The molecule has 3 heterocycles. The molecule has 0 aliphatic carbocycles. The molecule has 1 aliphatic heterocycles. The Hall–Kier alpha value is -2.71. The standard InChI is InChI=1S/C20H22N4O3S/c1-23-19-14-24(28(25,26)17-9-7-16(27-2)8-10-17)12-4-6-18(19)20(22-23)15-5-3-11-21-13-15/h3,5,7-11,13H,4,6,12,14H2,1-2H3. The summed E-state index contributed by atoms with van der Waals surface area (Å²) in [6.07, 6.45) is 5.04. The second-order valence-corrected chi connectivity index (χ2v) is 8.69. The molecule has 28 heavy (non-hydrogen) atoms. The molecule has 3 aromatic rings. The second-order valence-electron chi connectivity index (χ2n) is 6.76. The topological polar surface area (TPSA) is 77.3 Å². The van der Waals surface area contributed by atoms with Crippen LogP contribution in [-0.4, -0.2) is 41.1 Å². The number of hydrogen-bond acceptors (Lipinski definition) is 5. The van der Waals surface area contributed by atoms with E-state index in [0.717, 1.165) is 35.4 Å². The Labute approximate surface area is 164 Å². The van der Waals surface area contributed by atoms with Crippen LogP contribution in [-0.2, 0) is 30.0 Å². The van der Waals surface area contributed by atoms with E-state index in [9.17, 15) is 8.42 Å². The van der Waals surface area contributed by atoms with Crippen molar-refractivity contribution in [2.45, 2.75) is 24.3 Å². The third kappa shape index (κ3) is 3.29. The summed E-state index contributed by atoms with van der Waals surface area (Å²) in [5.74, 6) is 0.629. The molecular formula is C20H22N4O3S. The number of rotatable bonds is 4. The quantitative estimate of drug-likeness (QED) is 0.675. The van der Waals surface area contributed by atoms with Crippen LogP contribution in [0.15, 0.2) is 53.7 Å². The molecule has 2 aromatic heterocycles. The van der Waals surface area contributed by atoms with Gasteiger partial charge in [-0.3, -0.25) is 9.67 Å². The fourth-order valence-corrected chi connectivity index (χ4v) is 5.02. The Morgan fingerprint density at radius 3 is 2.61 bits per heavy atom. The molecular weight excluding hydrogens is 376 g/mol.